The number of anilines is 1. The van der Waals surface area contributed by atoms with Gasteiger partial charge in [0.15, 0.2) is 6.61 Å². The first-order valence-corrected chi connectivity index (χ1v) is 9.84. The molecule has 0 fully saturated rings. The highest BCUT2D eigenvalue weighted by Crippen LogP contribution is 2.31. The standard InChI is InChI=1S/C19H18N2O3S2/c1-3-13-7-4-5-8-14(13)21-16(22)11-24-19(23)17-12(2)20-18(26-17)15-9-6-10-25-15/h4-10H,3,11H2,1-2H3,(H,21,22). The van der Waals surface area contributed by atoms with Gasteiger partial charge < -0.3 is 10.1 Å². The molecule has 0 aliphatic carbocycles. The molecule has 5 nitrogen and oxygen atoms in total. The number of nitrogens with one attached hydrogen (secondary N) is 1. The van der Waals surface area contributed by atoms with Crippen LogP contribution in [0.5, 0.6) is 0 Å². The van der Waals surface area contributed by atoms with E-state index in [1.165, 1.54) is 11.3 Å². The Kier molecular flexibility index (Phi) is 5.80. The third-order valence-electron chi connectivity index (χ3n) is 3.72. The monoisotopic (exact) mass is 386 g/mol. The van der Waals surface area contributed by atoms with Crippen molar-refractivity contribution in [2.24, 2.45) is 0 Å². The van der Waals surface area contributed by atoms with E-state index >= 15 is 0 Å². The van der Waals surface area contributed by atoms with Crippen LogP contribution in [0.3, 0.4) is 0 Å². The fourth-order valence-corrected chi connectivity index (χ4v) is 4.18. The second kappa shape index (κ2) is 8.25. The van der Waals surface area contributed by atoms with Crippen molar-refractivity contribution in [3.63, 3.8) is 0 Å². The number of thiophene rings is 1. The SMILES string of the molecule is CCc1ccccc1NC(=O)COC(=O)c1sc(-c2cccs2)nc1C. The first-order chi connectivity index (χ1) is 12.6. The lowest BCUT2D eigenvalue weighted by Crippen LogP contribution is -2.21. The third kappa shape index (κ3) is 4.17. The maximum absolute atomic E-state index is 12.3. The normalized spacial score (nSPS) is 10.5. The molecule has 0 spiro atoms. The van der Waals surface area contributed by atoms with Crippen molar-refractivity contribution in [3.05, 3.63) is 57.9 Å². The number of para-hydroxylation sites is 1. The van der Waals surface area contributed by atoms with Gasteiger partial charge in [-0.05, 0) is 36.4 Å². The van der Waals surface area contributed by atoms with Crippen molar-refractivity contribution in [2.75, 3.05) is 11.9 Å². The minimum atomic E-state index is -0.526. The largest absolute Gasteiger partial charge is 0.451 e. The van der Waals surface area contributed by atoms with Crippen molar-refractivity contribution >= 4 is 40.2 Å². The number of benzene rings is 1. The topological polar surface area (TPSA) is 68.3 Å². The maximum Gasteiger partial charge on any atom is 0.350 e. The number of amides is 1. The van der Waals surface area contributed by atoms with Crippen molar-refractivity contribution in [1.82, 2.24) is 4.98 Å². The molecular weight excluding hydrogens is 368 g/mol. The minimum Gasteiger partial charge on any atom is -0.451 e. The van der Waals surface area contributed by atoms with Gasteiger partial charge in [-0.25, -0.2) is 9.78 Å². The molecule has 0 aliphatic rings. The van der Waals surface area contributed by atoms with Crippen LogP contribution < -0.4 is 5.32 Å². The Morgan fingerprint density at radius 1 is 1.19 bits per heavy atom. The number of carbonyl (C=O) groups is 2. The number of thiazole rings is 1. The van der Waals surface area contributed by atoms with E-state index in [4.69, 9.17) is 4.74 Å². The number of hydrogen-bond acceptors (Lipinski definition) is 6. The first kappa shape index (κ1) is 18.3. The number of esters is 1. The summed E-state index contributed by atoms with van der Waals surface area (Å²) in [6.45, 7) is 3.45. The number of aryl methyl sites for hydroxylation is 2. The summed E-state index contributed by atoms with van der Waals surface area (Å²) in [4.78, 5) is 30.2. The molecule has 0 unspecified atom stereocenters. The maximum atomic E-state index is 12.3. The van der Waals surface area contributed by atoms with Crippen LogP contribution in [0.1, 0.15) is 27.9 Å². The van der Waals surface area contributed by atoms with E-state index in [9.17, 15) is 9.59 Å². The van der Waals surface area contributed by atoms with E-state index in [2.05, 4.69) is 10.3 Å². The zero-order chi connectivity index (χ0) is 18.5. The van der Waals surface area contributed by atoms with Crippen molar-refractivity contribution < 1.29 is 14.3 Å². The van der Waals surface area contributed by atoms with E-state index in [0.29, 0.717) is 10.6 Å². The highest BCUT2D eigenvalue weighted by molar-refractivity contribution is 7.22. The molecule has 1 amide bonds. The number of ether oxygens (including phenoxy) is 1. The molecule has 2 aromatic heterocycles. The highest BCUT2D eigenvalue weighted by Gasteiger charge is 2.19. The highest BCUT2D eigenvalue weighted by atomic mass is 32.1. The third-order valence-corrected chi connectivity index (χ3v) is 5.90. The van der Waals surface area contributed by atoms with Gasteiger partial charge in [-0.15, -0.1) is 22.7 Å². The van der Waals surface area contributed by atoms with Crippen LogP contribution in [-0.2, 0) is 16.0 Å². The Labute approximate surface area is 159 Å². The van der Waals surface area contributed by atoms with Gasteiger partial charge in [0.2, 0.25) is 0 Å². The molecule has 0 saturated carbocycles. The molecule has 134 valence electrons. The van der Waals surface area contributed by atoms with Gasteiger partial charge in [0, 0.05) is 5.69 Å². The van der Waals surface area contributed by atoms with Crippen LogP contribution in [-0.4, -0.2) is 23.5 Å². The lowest BCUT2D eigenvalue weighted by molar-refractivity contribution is -0.119. The molecule has 0 aliphatic heterocycles. The predicted octanol–water partition coefficient (Wildman–Crippen LogP) is 4.54. The van der Waals surface area contributed by atoms with Gasteiger partial charge in [-0.2, -0.15) is 0 Å². The van der Waals surface area contributed by atoms with Gasteiger partial charge in [0.25, 0.3) is 5.91 Å². The van der Waals surface area contributed by atoms with Crippen LogP contribution in [0, 0.1) is 6.92 Å². The summed E-state index contributed by atoms with van der Waals surface area (Å²) >= 11 is 2.84. The minimum absolute atomic E-state index is 0.331. The van der Waals surface area contributed by atoms with Crippen LogP contribution >= 0.6 is 22.7 Å². The second-order valence-electron chi connectivity index (χ2n) is 5.55. The Morgan fingerprint density at radius 2 is 2.00 bits per heavy atom. The van der Waals surface area contributed by atoms with Gasteiger partial charge in [-0.1, -0.05) is 31.2 Å². The lowest BCUT2D eigenvalue weighted by atomic mass is 10.1. The second-order valence-corrected chi connectivity index (χ2v) is 7.49. The fourth-order valence-electron chi connectivity index (χ4n) is 2.42. The molecule has 1 aromatic carbocycles. The van der Waals surface area contributed by atoms with E-state index in [-0.39, 0.29) is 12.5 Å². The van der Waals surface area contributed by atoms with Crippen LogP contribution in [0.4, 0.5) is 5.69 Å². The zero-order valence-electron chi connectivity index (χ0n) is 14.4. The fraction of sp³-hybridized carbons (Fsp3) is 0.211. The van der Waals surface area contributed by atoms with Gasteiger partial charge in [0.1, 0.15) is 9.88 Å². The number of aromatic nitrogens is 1. The summed E-state index contributed by atoms with van der Waals surface area (Å²) in [5.41, 5.74) is 2.39. The average molecular weight is 386 g/mol. The van der Waals surface area contributed by atoms with E-state index < -0.39 is 5.97 Å². The lowest BCUT2D eigenvalue weighted by Gasteiger charge is -2.09. The molecule has 1 N–H and O–H groups in total. The summed E-state index contributed by atoms with van der Waals surface area (Å²) < 4.78 is 5.17. The summed E-state index contributed by atoms with van der Waals surface area (Å²) in [6.07, 6.45) is 0.807. The molecular formula is C19H18N2O3S2. The molecule has 0 saturated heterocycles. The quantitative estimate of drug-likeness (QED) is 0.632. The average Bonchev–Trinajstić information content (AvgIpc) is 3.29. The summed E-state index contributed by atoms with van der Waals surface area (Å²) in [6, 6.07) is 11.5. The van der Waals surface area contributed by atoms with Gasteiger partial charge in [0.05, 0.1) is 10.6 Å². The van der Waals surface area contributed by atoms with Gasteiger partial charge >= 0.3 is 5.97 Å². The summed E-state index contributed by atoms with van der Waals surface area (Å²) in [5, 5.41) is 5.53. The molecule has 0 bridgehead atoms. The molecule has 2 heterocycles. The molecule has 26 heavy (non-hydrogen) atoms. The summed E-state index contributed by atoms with van der Waals surface area (Å²) in [7, 11) is 0. The predicted molar refractivity (Wildman–Crippen MR) is 105 cm³/mol. The Bertz CT molecular complexity index is 917. The number of carbonyl (C=O) groups excluding carboxylic acids is 2. The Morgan fingerprint density at radius 3 is 2.73 bits per heavy atom. The first-order valence-electron chi connectivity index (χ1n) is 8.14. The van der Waals surface area contributed by atoms with E-state index in [1.54, 1.807) is 18.3 Å². The van der Waals surface area contributed by atoms with Crippen molar-refractivity contribution in [1.29, 1.82) is 0 Å². The zero-order valence-corrected chi connectivity index (χ0v) is 16.1. The Balaban J connectivity index is 1.61. The smallest absolute Gasteiger partial charge is 0.350 e. The number of rotatable bonds is 6. The molecule has 3 rings (SSSR count). The Hall–Kier alpha value is -2.51. The van der Waals surface area contributed by atoms with Crippen LogP contribution in [0.15, 0.2) is 41.8 Å². The van der Waals surface area contributed by atoms with Gasteiger partial charge in [-0.3, -0.25) is 4.79 Å². The molecule has 7 heteroatoms. The van der Waals surface area contributed by atoms with Crippen LogP contribution in [0.2, 0.25) is 0 Å². The molecule has 3 aromatic rings. The molecule has 0 atom stereocenters. The summed E-state index contributed by atoms with van der Waals surface area (Å²) in [5.74, 6) is -0.887. The van der Waals surface area contributed by atoms with Crippen molar-refractivity contribution in [2.45, 2.75) is 20.3 Å². The van der Waals surface area contributed by atoms with Crippen molar-refractivity contribution in [3.8, 4) is 9.88 Å². The van der Waals surface area contributed by atoms with E-state index in [1.807, 2.05) is 48.7 Å². The number of nitrogens with zero attached hydrogens (tertiary/aromatic N) is 1. The molecule has 0 radical (unpaired) electrons. The van der Waals surface area contributed by atoms with Crippen LogP contribution in [0.25, 0.3) is 9.88 Å². The van der Waals surface area contributed by atoms with E-state index in [0.717, 1.165) is 27.6 Å². The number of hydrogen-bond donors (Lipinski definition) is 1.